The molecular weight excluding hydrogens is 216 g/mol. The molecule has 2 N–H and O–H groups in total. The molecule has 1 aromatic carbocycles. The van der Waals surface area contributed by atoms with Crippen LogP contribution in [-0.2, 0) is 4.79 Å². The molecule has 0 aliphatic carbocycles. The largest absolute Gasteiger partial charge is 0.460 e. The van der Waals surface area contributed by atoms with Crippen molar-refractivity contribution >= 4 is 5.91 Å². The zero-order valence-corrected chi connectivity index (χ0v) is 9.57. The Bertz CT molecular complexity index is 464. The number of ether oxygens (including phenoxy) is 1. The summed E-state index contributed by atoms with van der Waals surface area (Å²) in [6.45, 7) is 0.508. The monoisotopic (exact) mass is 230 g/mol. The van der Waals surface area contributed by atoms with E-state index in [4.69, 9.17) is 4.74 Å². The van der Waals surface area contributed by atoms with E-state index >= 15 is 0 Å². The lowest BCUT2D eigenvalue weighted by Gasteiger charge is -2.16. The average molecular weight is 230 g/mol. The summed E-state index contributed by atoms with van der Waals surface area (Å²) >= 11 is 0. The van der Waals surface area contributed by atoms with Gasteiger partial charge in [0.15, 0.2) is 0 Å². The van der Waals surface area contributed by atoms with Gasteiger partial charge in [-0.25, -0.2) is 0 Å². The first-order valence-corrected chi connectivity index (χ1v) is 5.39. The minimum Gasteiger partial charge on any atom is -0.460 e. The first-order chi connectivity index (χ1) is 8.29. The molecule has 88 valence electrons. The predicted octanol–water partition coefficient (Wildman–Crippen LogP) is 1.18. The smallest absolute Gasteiger partial charge is 0.267 e. The Labute approximate surface area is 100.0 Å². The zero-order chi connectivity index (χ0) is 12.1. The quantitative estimate of drug-likeness (QED) is 0.820. The van der Waals surface area contributed by atoms with Crippen LogP contribution in [0.2, 0.25) is 0 Å². The van der Waals surface area contributed by atoms with E-state index in [1.165, 1.54) is 0 Å². The van der Waals surface area contributed by atoms with Gasteiger partial charge in [0, 0.05) is 7.05 Å². The van der Waals surface area contributed by atoms with E-state index < -0.39 is 0 Å². The number of nitrogens with one attached hydrogen (secondary N) is 2. The number of likely N-dealkylation sites (N-methyl/N-ethyl adjacent to an activating group) is 1. The number of carbonyl (C=O) groups is 1. The second-order valence-corrected chi connectivity index (χ2v) is 3.56. The van der Waals surface area contributed by atoms with Crippen LogP contribution in [0.3, 0.4) is 0 Å². The van der Waals surface area contributed by atoms with Crippen molar-refractivity contribution in [1.29, 1.82) is 0 Å². The molecule has 0 saturated heterocycles. The highest BCUT2D eigenvalue weighted by Gasteiger charge is 2.11. The number of carbonyl (C=O) groups excluding carboxylic acids is 1. The van der Waals surface area contributed by atoms with Gasteiger partial charge in [-0.3, -0.25) is 4.79 Å². The molecule has 0 spiro atoms. The summed E-state index contributed by atoms with van der Waals surface area (Å²) in [7, 11) is 1.60. The van der Waals surface area contributed by atoms with E-state index in [9.17, 15) is 4.79 Å². The molecular formula is C13H14N2O2. The lowest BCUT2D eigenvalue weighted by atomic mass is 10.2. The van der Waals surface area contributed by atoms with E-state index in [-0.39, 0.29) is 5.91 Å². The number of amides is 1. The first-order valence-electron chi connectivity index (χ1n) is 5.39. The fourth-order valence-electron chi connectivity index (χ4n) is 1.48. The summed E-state index contributed by atoms with van der Waals surface area (Å²) in [5, 5.41) is 5.56. The summed E-state index contributed by atoms with van der Waals surface area (Å²) in [4.78, 5) is 11.3. The number of hydrogen-bond acceptors (Lipinski definition) is 3. The maximum atomic E-state index is 11.3. The summed E-state index contributed by atoms with van der Waals surface area (Å²) in [5.74, 6) is 1.45. The molecule has 4 heteroatoms. The van der Waals surface area contributed by atoms with Gasteiger partial charge in [-0.15, -0.1) is 0 Å². The van der Waals surface area contributed by atoms with Crippen LogP contribution in [0.15, 0.2) is 53.9 Å². The molecule has 0 fully saturated rings. The van der Waals surface area contributed by atoms with Crippen LogP contribution in [-0.4, -0.2) is 19.5 Å². The van der Waals surface area contributed by atoms with Gasteiger partial charge >= 0.3 is 0 Å². The predicted molar refractivity (Wildman–Crippen MR) is 65.3 cm³/mol. The molecule has 0 aromatic heterocycles. The molecule has 0 atom stereocenters. The van der Waals surface area contributed by atoms with Gasteiger partial charge < -0.3 is 15.4 Å². The van der Waals surface area contributed by atoms with Crippen molar-refractivity contribution in [1.82, 2.24) is 10.6 Å². The molecule has 1 aliphatic heterocycles. The highest BCUT2D eigenvalue weighted by Crippen LogP contribution is 2.14. The lowest BCUT2D eigenvalue weighted by Crippen LogP contribution is -2.32. The topological polar surface area (TPSA) is 50.4 Å². The van der Waals surface area contributed by atoms with Crippen molar-refractivity contribution in [3.05, 3.63) is 53.9 Å². The minimum atomic E-state index is -0.125. The highest BCUT2D eigenvalue weighted by molar-refractivity contribution is 5.93. The van der Waals surface area contributed by atoms with Crippen molar-refractivity contribution in [3.63, 3.8) is 0 Å². The van der Waals surface area contributed by atoms with Crippen molar-refractivity contribution in [3.8, 4) is 5.75 Å². The van der Waals surface area contributed by atoms with Gasteiger partial charge in [0.1, 0.15) is 17.2 Å². The van der Waals surface area contributed by atoms with Crippen LogP contribution in [0, 0.1) is 0 Å². The second kappa shape index (κ2) is 5.21. The van der Waals surface area contributed by atoms with E-state index in [0.29, 0.717) is 12.2 Å². The van der Waals surface area contributed by atoms with Gasteiger partial charge in [0.25, 0.3) is 5.91 Å². The average Bonchev–Trinajstić information content (AvgIpc) is 2.40. The van der Waals surface area contributed by atoms with E-state index in [1.54, 1.807) is 19.2 Å². The van der Waals surface area contributed by atoms with Crippen LogP contribution >= 0.6 is 0 Å². The molecule has 0 saturated carbocycles. The van der Waals surface area contributed by atoms with Gasteiger partial charge in [0.05, 0.1) is 6.54 Å². The summed E-state index contributed by atoms with van der Waals surface area (Å²) in [6.07, 6.45) is 3.51. The Morgan fingerprint density at radius 3 is 2.65 bits per heavy atom. The molecule has 17 heavy (non-hydrogen) atoms. The van der Waals surface area contributed by atoms with Crippen molar-refractivity contribution < 1.29 is 9.53 Å². The molecule has 1 amide bonds. The van der Waals surface area contributed by atoms with Gasteiger partial charge in [0.2, 0.25) is 0 Å². The maximum absolute atomic E-state index is 11.3. The minimum absolute atomic E-state index is 0.125. The second-order valence-electron chi connectivity index (χ2n) is 3.56. The number of hydrogen-bond donors (Lipinski definition) is 2. The van der Waals surface area contributed by atoms with Crippen LogP contribution in [0.1, 0.15) is 0 Å². The zero-order valence-electron chi connectivity index (χ0n) is 9.57. The van der Waals surface area contributed by atoms with E-state index in [1.807, 2.05) is 30.3 Å². The fourth-order valence-corrected chi connectivity index (χ4v) is 1.48. The highest BCUT2D eigenvalue weighted by atomic mass is 16.5. The molecule has 0 radical (unpaired) electrons. The number of dihydropyridines is 1. The van der Waals surface area contributed by atoms with Crippen LogP contribution in [0.5, 0.6) is 5.75 Å². The number of allylic oxidation sites excluding steroid dienone is 2. The molecule has 1 heterocycles. The van der Waals surface area contributed by atoms with Crippen molar-refractivity contribution in [2.45, 2.75) is 0 Å². The van der Waals surface area contributed by atoms with Crippen molar-refractivity contribution in [2.75, 3.05) is 13.6 Å². The number of benzene rings is 1. The lowest BCUT2D eigenvalue weighted by molar-refractivity contribution is -0.117. The Morgan fingerprint density at radius 2 is 2.06 bits per heavy atom. The molecule has 4 nitrogen and oxygen atoms in total. The molecule has 1 aromatic rings. The van der Waals surface area contributed by atoms with Gasteiger partial charge in [-0.05, 0) is 24.3 Å². The van der Waals surface area contributed by atoms with Crippen LogP contribution in [0.25, 0.3) is 0 Å². The standard InChI is InChI=1S/C13H14N2O2/c1-14-13(16)12-8-7-11(9-15-12)17-10-5-3-2-4-6-10/h2-8,15H,9H2,1H3,(H,14,16). The Balaban J connectivity index is 2.03. The van der Waals surface area contributed by atoms with Gasteiger partial charge in [-0.1, -0.05) is 18.2 Å². The third kappa shape index (κ3) is 2.87. The molecule has 0 bridgehead atoms. The van der Waals surface area contributed by atoms with E-state index in [0.717, 1.165) is 11.5 Å². The van der Waals surface area contributed by atoms with Crippen LogP contribution < -0.4 is 15.4 Å². The Kier molecular flexibility index (Phi) is 3.45. The third-order valence-electron chi connectivity index (χ3n) is 2.35. The van der Waals surface area contributed by atoms with Crippen molar-refractivity contribution in [2.24, 2.45) is 0 Å². The maximum Gasteiger partial charge on any atom is 0.267 e. The van der Waals surface area contributed by atoms with Crippen LogP contribution in [0.4, 0.5) is 0 Å². The SMILES string of the molecule is CNC(=O)C1=CC=C(Oc2ccccc2)CN1. The number of rotatable bonds is 3. The summed E-state index contributed by atoms with van der Waals surface area (Å²) in [5.41, 5.74) is 0.549. The molecule has 1 aliphatic rings. The Hall–Kier alpha value is -2.23. The Morgan fingerprint density at radius 1 is 1.29 bits per heavy atom. The van der Waals surface area contributed by atoms with Gasteiger partial charge in [-0.2, -0.15) is 0 Å². The molecule has 0 unspecified atom stereocenters. The first kappa shape index (κ1) is 11.3. The van der Waals surface area contributed by atoms with E-state index in [2.05, 4.69) is 10.6 Å². The summed E-state index contributed by atoms with van der Waals surface area (Å²) in [6, 6.07) is 9.54. The normalized spacial score (nSPS) is 14.2. The fraction of sp³-hybridized carbons (Fsp3) is 0.154. The number of para-hydroxylation sites is 1. The third-order valence-corrected chi connectivity index (χ3v) is 2.35. The summed E-state index contributed by atoms with van der Waals surface area (Å²) < 4.78 is 5.64. The molecule has 2 rings (SSSR count).